The zero-order valence-corrected chi connectivity index (χ0v) is 14.8. The van der Waals surface area contributed by atoms with E-state index >= 15 is 0 Å². The first-order valence-electron chi connectivity index (χ1n) is 8.73. The van der Waals surface area contributed by atoms with Crippen molar-refractivity contribution in [1.29, 1.82) is 0 Å². The minimum Gasteiger partial charge on any atom is -0.433 e. The van der Waals surface area contributed by atoms with Gasteiger partial charge >= 0.3 is 6.11 Å². The molecule has 0 bridgehead atoms. The molecule has 26 heavy (non-hydrogen) atoms. The van der Waals surface area contributed by atoms with E-state index in [0.717, 1.165) is 11.4 Å². The average Bonchev–Trinajstić information content (AvgIpc) is 2.75. The molecule has 1 fully saturated rings. The van der Waals surface area contributed by atoms with Gasteiger partial charge in [-0.25, -0.2) is 8.78 Å². The third-order valence-electron chi connectivity index (χ3n) is 4.54. The van der Waals surface area contributed by atoms with E-state index in [2.05, 4.69) is 5.10 Å². The molecule has 0 N–H and O–H groups in total. The number of hydrogen-bond acceptors (Lipinski definition) is 2. The largest absolute Gasteiger partial charge is 0.433 e. The lowest BCUT2D eigenvalue weighted by Crippen LogP contribution is -2.27. The van der Waals surface area contributed by atoms with Crippen molar-refractivity contribution in [3.05, 3.63) is 47.5 Å². The minimum absolute atomic E-state index is 0.0573. The monoisotopic (exact) mass is 370 g/mol. The number of alkyl halides is 4. The van der Waals surface area contributed by atoms with Crippen molar-refractivity contribution in [2.45, 2.75) is 64.0 Å². The average molecular weight is 370 g/mol. The molecule has 0 aliphatic heterocycles. The molecular formula is C19H22F4N2O. The number of rotatable bonds is 4. The number of hydrogen-bond donors (Lipinski definition) is 0. The molecule has 2 aliphatic carbocycles. The van der Waals surface area contributed by atoms with Crippen molar-refractivity contribution in [2.24, 2.45) is 0 Å². The molecule has 1 heterocycles. The second-order valence-electron chi connectivity index (χ2n) is 6.96. The molecule has 0 atom stereocenters. The van der Waals surface area contributed by atoms with Crippen molar-refractivity contribution >= 4 is 5.57 Å². The maximum absolute atomic E-state index is 13.5. The Morgan fingerprint density at radius 2 is 1.96 bits per heavy atom. The van der Waals surface area contributed by atoms with Gasteiger partial charge in [-0.1, -0.05) is 12.2 Å². The highest BCUT2D eigenvalue weighted by Gasteiger charge is 2.36. The van der Waals surface area contributed by atoms with Gasteiger partial charge in [0.1, 0.15) is 5.76 Å². The van der Waals surface area contributed by atoms with Gasteiger partial charge < -0.3 is 4.74 Å². The molecule has 0 saturated heterocycles. The molecule has 0 unspecified atom stereocenters. The van der Waals surface area contributed by atoms with Crippen LogP contribution in [0.2, 0.25) is 0 Å². The van der Waals surface area contributed by atoms with Crippen molar-refractivity contribution < 1.29 is 22.3 Å². The SMILES string of the molecule is Cc1cc(C2=CCC=CC(OC(C)(F)F)=C2)n(C2CCC(F)(F)CC2)n1. The standard InChI is InChI=1S/C19H22F4N2O/c1-13-11-17(25(24-13)15-7-9-19(22,23)10-8-15)14-5-3-4-6-16(12-14)26-18(2,20)21/h4-6,11-12,15H,3,7-10H2,1-2H3. The third-order valence-corrected chi connectivity index (χ3v) is 4.54. The Bertz CT molecular complexity index is 746. The van der Waals surface area contributed by atoms with E-state index < -0.39 is 12.0 Å². The third kappa shape index (κ3) is 4.56. The van der Waals surface area contributed by atoms with E-state index in [1.807, 2.05) is 19.1 Å². The molecule has 0 aromatic carbocycles. The Kier molecular flexibility index (Phi) is 4.99. The summed E-state index contributed by atoms with van der Waals surface area (Å²) in [6.45, 7) is 2.51. The van der Waals surface area contributed by atoms with Crippen molar-refractivity contribution in [1.82, 2.24) is 9.78 Å². The smallest absolute Gasteiger partial charge is 0.394 e. The molecule has 0 radical (unpaired) electrons. The van der Waals surface area contributed by atoms with Crippen LogP contribution < -0.4 is 0 Å². The normalized spacial score (nSPS) is 21.2. The molecule has 3 nitrogen and oxygen atoms in total. The number of aryl methyl sites for hydroxylation is 1. The van der Waals surface area contributed by atoms with Crippen LogP contribution in [0.4, 0.5) is 17.6 Å². The predicted octanol–water partition coefficient (Wildman–Crippen LogP) is 5.80. The van der Waals surface area contributed by atoms with Gasteiger partial charge in [0.2, 0.25) is 5.92 Å². The van der Waals surface area contributed by atoms with E-state index in [0.29, 0.717) is 31.8 Å². The summed E-state index contributed by atoms with van der Waals surface area (Å²) >= 11 is 0. The number of ether oxygens (including phenoxy) is 1. The fraction of sp³-hybridized carbons (Fsp3) is 0.526. The first-order chi connectivity index (χ1) is 12.1. The van der Waals surface area contributed by atoms with Crippen LogP contribution in [-0.2, 0) is 4.74 Å². The summed E-state index contributed by atoms with van der Waals surface area (Å²) in [6, 6.07) is 1.73. The van der Waals surface area contributed by atoms with Gasteiger partial charge in [-0.15, -0.1) is 0 Å². The fourth-order valence-corrected chi connectivity index (χ4v) is 3.37. The molecule has 1 aromatic heterocycles. The molecule has 2 aliphatic rings. The summed E-state index contributed by atoms with van der Waals surface area (Å²) in [5.74, 6) is -2.56. The van der Waals surface area contributed by atoms with Gasteiger partial charge in [-0.3, -0.25) is 4.68 Å². The van der Waals surface area contributed by atoms with Gasteiger partial charge in [-0.2, -0.15) is 13.9 Å². The molecule has 1 saturated carbocycles. The van der Waals surface area contributed by atoms with Crippen LogP contribution in [0.25, 0.3) is 5.57 Å². The van der Waals surface area contributed by atoms with Gasteiger partial charge in [0, 0.05) is 19.8 Å². The van der Waals surface area contributed by atoms with Crippen LogP contribution in [-0.4, -0.2) is 21.8 Å². The summed E-state index contributed by atoms with van der Waals surface area (Å²) < 4.78 is 59.8. The highest BCUT2D eigenvalue weighted by molar-refractivity contribution is 5.74. The Balaban J connectivity index is 1.89. The van der Waals surface area contributed by atoms with Gasteiger partial charge in [0.15, 0.2) is 0 Å². The number of allylic oxidation sites excluding steroid dienone is 5. The summed E-state index contributed by atoms with van der Waals surface area (Å²) in [5, 5.41) is 4.48. The van der Waals surface area contributed by atoms with Crippen molar-refractivity contribution in [2.75, 3.05) is 0 Å². The Labute approximate surface area is 150 Å². The summed E-state index contributed by atoms with van der Waals surface area (Å²) in [6.07, 6.45) is 4.31. The van der Waals surface area contributed by atoms with E-state index in [1.165, 1.54) is 6.08 Å². The Hall–Kier alpha value is -2.05. The zero-order valence-electron chi connectivity index (χ0n) is 14.8. The second-order valence-corrected chi connectivity index (χ2v) is 6.96. The second kappa shape index (κ2) is 6.93. The Morgan fingerprint density at radius 1 is 1.27 bits per heavy atom. The topological polar surface area (TPSA) is 27.1 Å². The van der Waals surface area contributed by atoms with Crippen molar-refractivity contribution in [3.63, 3.8) is 0 Å². The first-order valence-corrected chi connectivity index (χ1v) is 8.73. The van der Waals surface area contributed by atoms with Crippen LogP contribution in [0.15, 0.2) is 36.1 Å². The fourth-order valence-electron chi connectivity index (χ4n) is 3.37. The summed E-state index contributed by atoms with van der Waals surface area (Å²) in [5.41, 5.74) is 2.20. The summed E-state index contributed by atoms with van der Waals surface area (Å²) in [4.78, 5) is 0. The number of aromatic nitrogens is 2. The quantitative estimate of drug-likeness (QED) is 0.627. The minimum atomic E-state index is -3.28. The molecule has 3 rings (SSSR count). The van der Waals surface area contributed by atoms with Gasteiger partial charge in [-0.05, 0) is 50.0 Å². The lowest BCUT2D eigenvalue weighted by atomic mass is 9.92. The van der Waals surface area contributed by atoms with E-state index in [-0.39, 0.29) is 24.6 Å². The lowest BCUT2D eigenvalue weighted by molar-refractivity contribution is -0.195. The maximum Gasteiger partial charge on any atom is 0.394 e. The molecule has 0 spiro atoms. The predicted molar refractivity (Wildman–Crippen MR) is 90.9 cm³/mol. The van der Waals surface area contributed by atoms with E-state index in [1.54, 1.807) is 16.8 Å². The van der Waals surface area contributed by atoms with E-state index in [9.17, 15) is 17.6 Å². The highest BCUT2D eigenvalue weighted by atomic mass is 19.3. The van der Waals surface area contributed by atoms with Crippen molar-refractivity contribution in [3.8, 4) is 0 Å². The molecular weight excluding hydrogens is 348 g/mol. The number of nitrogens with zero attached hydrogens (tertiary/aromatic N) is 2. The first kappa shape index (κ1) is 18.7. The Morgan fingerprint density at radius 3 is 2.62 bits per heavy atom. The van der Waals surface area contributed by atoms with Gasteiger partial charge in [0.05, 0.1) is 17.4 Å². The molecule has 0 amide bonds. The maximum atomic E-state index is 13.5. The van der Waals surface area contributed by atoms with Crippen LogP contribution in [0, 0.1) is 6.92 Å². The highest BCUT2D eigenvalue weighted by Crippen LogP contribution is 2.39. The molecule has 142 valence electrons. The number of halogens is 4. The lowest BCUT2D eigenvalue weighted by Gasteiger charge is -2.29. The molecule has 1 aromatic rings. The van der Waals surface area contributed by atoms with Gasteiger partial charge in [0.25, 0.3) is 0 Å². The van der Waals surface area contributed by atoms with E-state index in [4.69, 9.17) is 4.74 Å². The van der Waals surface area contributed by atoms with Crippen LogP contribution in [0.5, 0.6) is 0 Å². The zero-order chi connectivity index (χ0) is 18.9. The van der Waals surface area contributed by atoms with Crippen LogP contribution in [0.3, 0.4) is 0 Å². The van der Waals surface area contributed by atoms with Crippen LogP contribution in [0.1, 0.15) is 56.5 Å². The molecule has 7 heteroatoms. The van der Waals surface area contributed by atoms with Crippen LogP contribution >= 0.6 is 0 Å². The summed E-state index contributed by atoms with van der Waals surface area (Å²) in [7, 11) is 0.